The number of nitrogens with zero attached hydrogens (tertiary/aromatic N) is 6. The summed E-state index contributed by atoms with van der Waals surface area (Å²) in [6.45, 7) is 6.31. The standard InChI is InChI=1S/C22H26N8OS/c1-2-20(24-9-10-29-11-13-31-14-12-29)26-15-18(1)19-16-27-22-30(19)28-21(32-22)25-8-5-17-3-6-23-7-4-17/h1-4,6-7,15-16H,5,8-14H2,(H,24,26)(H,25,28). The van der Waals surface area contributed by atoms with Crippen LogP contribution in [0.5, 0.6) is 0 Å². The third-order valence-corrected chi connectivity index (χ3v) is 6.30. The number of pyridine rings is 2. The topological polar surface area (TPSA) is 92.5 Å². The number of nitrogens with one attached hydrogen (secondary N) is 2. The van der Waals surface area contributed by atoms with E-state index in [9.17, 15) is 0 Å². The summed E-state index contributed by atoms with van der Waals surface area (Å²) in [5, 5.41) is 12.3. The molecular weight excluding hydrogens is 424 g/mol. The van der Waals surface area contributed by atoms with Crippen LogP contribution in [0.4, 0.5) is 10.9 Å². The summed E-state index contributed by atoms with van der Waals surface area (Å²) in [5.74, 6) is 0.875. The van der Waals surface area contributed by atoms with Crippen molar-refractivity contribution in [3.05, 3.63) is 54.6 Å². The molecule has 4 aromatic rings. The summed E-state index contributed by atoms with van der Waals surface area (Å²) in [7, 11) is 0. The summed E-state index contributed by atoms with van der Waals surface area (Å²) in [6.07, 6.45) is 8.27. The lowest BCUT2D eigenvalue weighted by molar-refractivity contribution is 0.0398. The Morgan fingerprint density at radius 3 is 2.66 bits per heavy atom. The van der Waals surface area contributed by atoms with Gasteiger partial charge in [-0.05, 0) is 36.2 Å². The molecule has 10 heteroatoms. The lowest BCUT2D eigenvalue weighted by Crippen LogP contribution is -2.39. The molecule has 2 N–H and O–H groups in total. The Morgan fingerprint density at radius 2 is 1.84 bits per heavy atom. The molecule has 0 aliphatic carbocycles. The largest absolute Gasteiger partial charge is 0.379 e. The van der Waals surface area contributed by atoms with Gasteiger partial charge in [0.15, 0.2) is 0 Å². The molecule has 166 valence electrons. The second-order valence-electron chi connectivity index (χ2n) is 7.59. The van der Waals surface area contributed by atoms with E-state index in [0.717, 1.165) is 79.5 Å². The molecule has 5 rings (SSSR count). The highest BCUT2D eigenvalue weighted by Crippen LogP contribution is 2.26. The summed E-state index contributed by atoms with van der Waals surface area (Å²) in [4.78, 5) is 16.4. The average molecular weight is 451 g/mol. The molecule has 0 atom stereocenters. The predicted octanol–water partition coefficient (Wildman–Crippen LogP) is 2.65. The number of hydrogen-bond donors (Lipinski definition) is 2. The van der Waals surface area contributed by atoms with E-state index in [-0.39, 0.29) is 0 Å². The van der Waals surface area contributed by atoms with Crippen LogP contribution < -0.4 is 10.6 Å². The maximum absolute atomic E-state index is 5.39. The Bertz CT molecular complexity index is 1120. The molecule has 0 aromatic carbocycles. The van der Waals surface area contributed by atoms with Crippen molar-refractivity contribution in [2.45, 2.75) is 6.42 Å². The fourth-order valence-electron chi connectivity index (χ4n) is 3.64. The first-order valence-electron chi connectivity index (χ1n) is 10.8. The smallest absolute Gasteiger partial charge is 0.214 e. The van der Waals surface area contributed by atoms with Gasteiger partial charge in [0.05, 0.1) is 25.1 Å². The normalized spacial score (nSPS) is 14.6. The van der Waals surface area contributed by atoms with Gasteiger partial charge in [0.2, 0.25) is 10.1 Å². The highest BCUT2D eigenvalue weighted by atomic mass is 32.1. The van der Waals surface area contributed by atoms with E-state index in [4.69, 9.17) is 9.84 Å². The van der Waals surface area contributed by atoms with E-state index in [1.165, 1.54) is 5.56 Å². The number of rotatable bonds is 9. The van der Waals surface area contributed by atoms with E-state index in [1.54, 1.807) is 11.3 Å². The molecule has 0 saturated carbocycles. The van der Waals surface area contributed by atoms with E-state index in [1.807, 2.05) is 47.5 Å². The zero-order valence-electron chi connectivity index (χ0n) is 17.8. The molecule has 0 unspecified atom stereocenters. The van der Waals surface area contributed by atoms with Crippen molar-refractivity contribution < 1.29 is 4.74 Å². The van der Waals surface area contributed by atoms with Crippen LogP contribution in [0.3, 0.4) is 0 Å². The molecule has 1 aliphatic heterocycles. The Balaban J connectivity index is 1.17. The lowest BCUT2D eigenvalue weighted by Gasteiger charge is -2.26. The van der Waals surface area contributed by atoms with E-state index in [0.29, 0.717) is 0 Å². The molecule has 5 heterocycles. The van der Waals surface area contributed by atoms with Gasteiger partial charge >= 0.3 is 0 Å². The van der Waals surface area contributed by atoms with Crippen molar-refractivity contribution in [3.63, 3.8) is 0 Å². The van der Waals surface area contributed by atoms with Gasteiger partial charge in [-0.1, -0.05) is 11.3 Å². The number of hydrogen-bond acceptors (Lipinski definition) is 9. The first-order chi connectivity index (χ1) is 15.8. The maximum atomic E-state index is 5.39. The Labute approximate surface area is 190 Å². The van der Waals surface area contributed by atoms with Crippen LogP contribution in [0.25, 0.3) is 16.2 Å². The van der Waals surface area contributed by atoms with E-state index in [2.05, 4.69) is 36.6 Å². The number of anilines is 2. The Morgan fingerprint density at radius 1 is 0.969 bits per heavy atom. The Hall–Kier alpha value is -3.08. The van der Waals surface area contributed by atoms with Gasteiger partial charge < -0.3 is 15.4 Å². The highest BCUT2D eigenvalue weighted by Gasteiger charge is 2.12. The summed E-state index contributed by atoms with van der Waals surface area (Å²) < 4.78 is 7.27. The zero-order valence-corrected chi connectivity index (χ0v) is 18.6. The van der Waals surface area contributed by atoms with E-state index < -0.39 is 0 Å². The first-order valence-corrected chi connectivity index (χ1v) is 11.6. The average Bonchev–Trinajstić information content (AvgIpc) is 3.42. The van der Waals surface area contributed by atoms with Crippen molar-refractivity contribution in [1.29, 1.82) is 0 Å². The zero-order chi connectivity index (χ0) is 21.6. The molecule has 1 saturated heterocycles. The van der Waals surface area contributed by atoms with Crippen LogP contribution in [0, 0.1) is 0 Å². The monoisotopic (exact) mass is 450 g/mol. The lowest BCUT2D eigenvalue weighted by atomic mass is 10.2. The van der Waals surface area contributed by atoms with Crippen LogP contribution in [0.2, 0.25) is 0 Å². The molecule has 32 heavy (non-hydrogen) atoms. The van der Waals surface area contributed by atoms with Gasteiger partial charge in [-0.15, -0.1) is 5.10 Å². The summed E-state index contributed by atoms with van der Waals surface area (Å²) in [6, 6.07) is 8.13. The van der Waals surface area contributed by atoms with Crippen LogP contribution in [0.1, 0.15) is 5.56 Å². The first kappa shape index (κ1) is 20.8. The van der Waals surface area contributed by atoms with Crippen molar-refractivity contribution >= 4 is 27.2 Å². The third kappa shape index (κ3) is 5.04. The van der Waals surface area contributed by atoms with Gasteiger partial charge in [0.1, 0.15) is 5.82 Å². The predicted molar refractivity (Wildman–Crippen MR) is 126 cm³/mol. The fraction of sp³-hybridized carbons (Fsp3) is 0.364. The molecule has 9 nitrogen and oxygen atoms in total. The minimum atomic E-state index is 0.808. The van der Waals surface area contributed by atoms with Gasteiger partial charge in [0, 0.05) is 56.9 Å². The van der Waals surface area contributed by atoms with Crippen LogP contribution in [-0.2, 0) is 11.2 Å². The minimum Gasteiger partial charge on any atom is -0.379 e. The molecule has 1 aliphatic rings. The number of morpholine rings is 1. The highest BCUT2D eigenvalue weighted by molar-refractivity contribution is 7.20. The van der Waals surface area contributed by atoms with Crippen molar-refractivity contribution in [3.8, 4) is 11.3 Å². The number of imidazole rings is 1. The second kappa shape index (κ2) is 10.0. The molecule has 0 spiro atoms. The molecule has 0 bridgehead atoms. The minimum absolute atomic E-state index is 0.808. The number of aromatic nitrogens is 5. The quantitative estimate of drug-likeness (QED) is 0.402. The molecular formula is C22H26N8OS. The van der Waals surface area contributed by atoms with Gasteiger partial charge in [0.25, 0.3) is 0 Å². The van der Waals surface area contributed by atoms with Crippen LogP contribution in [0.15, 0.2) is 49.1 Å². The third-order valence-electron chi connectivity index (χ3n) is 5.42. The number of ether oxygens (including phenoxy) is 1. The van der Waals surface area contributed by atoms with Crippen LogP contribution >= 0.6 is 11.3 Å². The van der Waals surface area contributed by atoms with Gasteiger partial charge in [-0.25, -0.2) is 14.5 Å². The second-order valence-corrected chi connectivity index (χ2v) is 8.55. The molecule has 4 aromatic heterocycles. The van der Waals surface area contributed by atoms with Crippen molar-refractivity contribution in [2.24, 2.45) is 0 Å². The SMILES string of the molecule is c1cc(CCNc2nn3c(-c4ccc(NCCN5CCOCC5)nc4)cnc3s2)ccn1. The van der Waals surface area contributed by atoms with Crippen LogP contribution in [-0.4, -0.2) is 75.4 Å². The Kier molecular flexibility index (Phi) is 6.52. The van der Waals surface area contributed by atoms with E-state index >= 15 is 0 Å². The molecule has 1 fully saturated rings. The van der Waals surface area contributed by atoms with Gasteiger partial charge in [-0.3, -0.25) is 9.88 Å². The fourth-order valence-corrected chi connectivity index (χ4v) is 4.44. The summed E-state index contributed by atoms with van der Waals surface area (Å²) in [5.41, 5.74) is 3.18. The molecule has 0 radical (unpaired) electrons. The summed E-state index contributed by atoms with van der Waals surface area (Å²) >= 11 is 1.55. The van der Waals surface area contributed by atoms with Crippen molar-refractivity contribution in [1.82, 2.24) is 29.5 Å². The van der Waals surface area contributed by atoms with Crippen molar-refractivity contribution in [2.75, 3.05) is 56.6 Å². The maximum Gasteiger partial charge on any atom is 0.214 e. The molecule has 0 amide bonds. The van der Waals surface area contributed by atoms with Gasteiger partial charge in [-0.2, -0.15) is 0 Å². The number of fused-ring (bicyclic) bond motifs is 1.